The van der Waals surface area contributed by atoms with E-state index >= 15 is 0 Å². The highest BCUT2D eigenvalue weighted by molar-refractivity contribution is 5.93. The number of ether oxygens (including phenoxy) is 1. The zero-order valence-electron chi connectivity index (χ0n) is 15.9. The summed E-state index contributed by atoms with van der Waals surface area (Å²) in [5, 5.41) is 20.6. The minimum atomic E-state index is -0.782. The SMILES string of the molecule is CCCNC(=O)Nc1cccc(OC(=O)c2ccc(-n3cncn3)c([N+](=O)[O-])c2)c1. The number of nitro groups is 1. The molecule has 0 aliphatic heterocycles. The summed E-state index contributed by atoms with van der Waals surface area (Å²) in [6.07, 6.45) is 3.36. The van der Waals surface area contributed by atoms with Crippen molar-refractivity contribution in [2.24, 2.45) is 0 Å². The van der Waals surface area contributed by atoms with Gasteiger partial charge in [0.2, 0.25) is 0 Å². The van der Waals surface area contributed by atoms with Crippen LogP contribution in [0.2, 0.25) is 0 Å². The Morgan fingerprint density at radius 3 is 2.77 bits per heavy atom. The van der Waals surface area contributed by atoms with E-state index in [4.69, 9.17) is 4.74 Å². The fourth-order valence-corrected chi connectivity index (χ4v) is 2.54. The summed E-state index contributed by atoms with van der Waals surface area (Å²) in [5.74, 6) is -0.605. The van der Waals surface area contributed by atoms with Gasteiger partial charge < -0.3 is 15.4 Å². The molecule has 0 saturated heterocycles. The van der Waals surface area contributed by atoms with Gasteiger partial charge in [-0.2, -0.15) is 5.10 Å². The Bertz CT molecular complexity index is 1070. The van der Waals surface area contributed by atoms with Crippen molar-refractivity contribution < 1.29 is 19.2 Å². The van der Waals surface area contributed by atoms with Crippen LogP contribution in [0.1, 0.15) is 23.7 Å². The minimum absolute atomic E-state index is 0.00961. The summed E-state index contributed by atoms with van der Waals surface area (Å²) >= 11 is 0. The Balaban J connectivity index is 1.76. The Morgan fingerprint density at radius 1 is 1.23 bits per heavy atom. The first-order valence-corrected chi connectivity index (χ1v) is 8.98. The number of rotatable bonds is 7. The molecule has 0 unspecified atom stereocenters. The minimum Gasteiger partial charge on any atom is -0.423 e. The molecule has 2 aromatic carbocycles. The zero-order chi connectivity index (χ0) is 21.5. The molecule has 2 N–H and O–H groups in total. The Hall–Kier alpha value is -4.28. The predicted octanol–water partition coefficient (Wildman–Crippen LogP) is 2.93. The summed E-state index contributed by atoms with van der Waals surface area (Å²) in [4.78, 5) is 38.8. The van der Waals surface area contributed by atoms with E-state index in [2.05, 4.69) is 20.7 Å². The molecule has 0 spiro atoms. The first-order valence-electron chi connectivity index (χ1n) is 8.98. The topological polar surface area (TPSA) is 141 Å². The van der Waals surface area contributed by atoms with Crippen LogP contribution in [0.3, 0.4) is 0 Å². The van der Waals surface area contributed by atoms with Crippen molar-refractivity contribution >= 4 is 23.4 Å². The third-order valence-electron chi connectivity index (χ3n) is 3.91. The molecular formula is C19H18N6O5. The van der Waals surface area contributed by atoms with Gasteiger partial charge in [0.05, 0.1) is 10.5 Å². The fraction of sp³-hybridized carbons (Fsp3) is 0.158. The van der Waals surface area contributed by atoms with E-state index in [1.165, 1.54) is 41.6 Å². The van der Waals surface area contributed by atoms with Crippen LogP contribution in [0.15, 0.2) is 55.1 Å². The number of esters is 1. The standard InChI is InChI=1S/C19H18N6O5/c1-2-8-21-19(27)23-14-4-3-5-15(10-14)30-18(26)13-6-7-16(17(9-13)25(28)29)24-12-20-11-22-24/h3-7,9-12H,2,8H2,1H3,(H2,21,23,27). The summed E-state index contributed by atoms with van der Waals surface area (Å²) < 4.78 is 6.53. The molecule has 11 nitrogen and oxygen atoms in total. The van der Waals surface area contributed by atoms with E-state index in [1.807, 2.05) is 6.92 Å². The van der Waals surface area contributed by atoms with E-state index in [0.29, 0.717) is 12.2 Å². The summed E-state index contributed by atoms with van der Waals surface area (Å²) in [7, 11) is 0. The van der Waals surface area contributed by atoms with Crippen LogP contribution < -0.4 is 15.4 Å². The highest BCUT2D eigenvalue weighted by Gasteiger charge is 2.20. The number of anilines is 1. The highest BCUT2D eigenvalue weighted by Crippen LogP contribution is 2.25. The molecule has 1 aromatic heterocycles. The second-order valence-corrected chi connectivity index (χ2v) is 6.10. The van der Waals surface area contributed by atoms with Gasteiger partial charge in [-0.3, -0.25) is 10.1 Å². The van der Waals surface area contributed by atoms with Crippen molar-refractivity contribution in [2.45, 2.75) is 13.3 Å². The molecule has 0 saturated carbocycles. The van der Waals surface area contributed by atoms with Gasteiger partial charge in [-0.05, 0) is 30.7 Å². The zero-order valence-corrected chi connectivity index (χ0v) is 15.9. The van der Waals surface area contributed by atoms with Crippen LogP contribution in [-0.2, 0) is 0 Å². The number of benzene rings is 2. The van der Waals surface area contributed by atoms with E-state index in [0.717, 1.165) is 12.5 Å². The number of carbonyl (C=O) groups is 2. The van der Waals surface area contributed by atoms with E-state index in [9.17, 15) is 19.7 Å². The molecule has 0 aliphatic rings. The van der Waals surface area contributed by atoms with Gasteiger partial charge in [-0.1, -0.05) is 13.0 Å². The first-order chi connectivity index (χ1) is 14.5. The van der Waals surface area contributed by atoms with E-state index in [-0.39, 0.29) is 28.7 Å². The van der Waals surface area contributed by atoms with Crippen LogP contribution in [0.4, 0.5) is 16.2 Å². The maximum absolute atomic E-state index is 12.5. The average molecular weight is 410 g/mol. The second-order valence-electron chi connectivity index (χ2n) is 6.10. The third kappa shape index (κ3) is 4.95. The molecule has 0 aliphatic carbocycles. The molecule has 11 heteroatoms. The Morgan fingerprint density at radius 2 is 2.07 bits per heavy atom. The lowest BCUT2D eigenvalue weighted by Crippen LogP contribution is -2.29. The number of hydrogen-bond acceptors (Lipinski definition) is 7. The van der Waals surface area contributed by atoms with Crippen molar-refractivity contribution in [2.75, 3.05) is 11.9 Å². The summed E-state index contributed by atoms with van der Waals surface area (Å²) in [6, 6.07) is 9.77. The number of nitrogens with one attached hydrogen (secondary N) is 2. The normalized spacial score (nSPS) is 10.3. The number of aromatic nitrogens is 3. The Labute approximate surface area is 170 Å². The van der Waals surface area contributed by atoms with Gasteiger partial charge in [0.25, 0.3) is 5.69 Å². The van der Waals surface area contributed by atoms with Crippen LogP contribution in [-0.4, -0.2) is 38.2 Å². The molecule has 154 valence electrons. The van der Waals surface area contributed by atoms with Gasteiger partial charge in [0.1, 0.15) is 24.1 Å². The van der Waals surface area contributed by atoms with Crippen molar-refractivity contribution in [3.63, 3.8) is 0 Å². The molecule has 30 heavy (non-hydrogen) atoms. The molecule has 1 heterocycles. The first kappa shape index (κ1) is 20.5. The number of nitrogens with zero attached hydrogens (tertiary/aromatic N) is 4. The monoisotopic (exact) mass is 410 g/mol. The molecule has 0 fully saturated rings. The van der Waals surface area contributed by atoms with E-state index < -0.39 is 10.9 Å². The van der Waals surface area contributed by atoms with Gasteiger partial charge in [-0.25, -0.2) is 19.3 Å². The van der Waals surface area contributed by atoms with Crippen molar-refractivity contribution in [3.8, 4) is 11.4 Å². The van der Waals surface area contributed by atoms with Crippen LogP contribution in [0.5, 0.6) is 5.75 Å². The van der Waals surface area contributed by atoms with Gasteiger partial charge in [0, 0.05) is 24.4 Å². The lowest BCUT2D eigenvalue weighted by molar-refractivity contribution is -0.384. The molecule has 0 bridgehead atoms. The third-order valence-corrected chi connectivity index (χ3v) is 3.91. The van der Waals surface area contributed by atoms with Crippen molar-refractivity contribution in [1.29, 1.82) is 0 Å². The number of urea groups is 1. The predicted molar refractivity (Wildman–Crippen MR) is 107 cm³/mol. The molecule has 3 rings (SSSR count). The lowest BCUT2D eigenvalue weighted by atomic mass is 10.1. The Kier molecular flexibility index (Phi) is 6.33. The number of hydrogen-bond donors (Lipinski definition) is 2. The maximum Gasteiger partial charge on any atom is 0.343 e. The molecule has 3 aromatic rings. The molecule has 2 amide bonds. The lowest BCUT2D eigenvalue weighted by Gasteiger charge is -2.09. The fourth-order valence-electron chi connectivity index (χ4n) is 2.54. The van der Waals surface area contributed by atoms with Crippen LogP contribution in [0.25, 0.3) is 5.69 Å². The second kappa shape index (κ2) is 9.28. The molecule has 0 radical (unpaired) electrons. The molecular weight excluding hydrogens is 392 g/mol. The van der Waals surface area contributed by atoms with Gasteiger partial charge >= 0.3 is 12.0 Å². The largest absolute Gasteiger partial charge is 0.423 e. The summed E-state index contributed by atoms with van der Waals surface area (Å²) in [5.41, 5.74) is 0.266. The number of amides is 2. The maximum atomic E-state index is 12.5. The number of carbonyl (C=O) groups excluding carboxylic acids is 2. The van der Waals surface area contributed by atoms with E-state index in [1.54, 1.807) is 12.1 Å². The average Bonchev–Trinajstić information content (AvgIpc) is 3.26. The molecule has 0 atom stereocenters. The smallest absolute Gasteiger partial charge is 0.343 e. The van der Waals surface area contributed by atoms with Crippen LogP contribution >= 0.6 is 0 Å². The van der Waals surface area contributed by atoms with Crippen molar-refractivity contribution in [3.05, 3.63) is 70.8 Å². The van der Waals surface area contributed by atoms with Gasteiger partial charge in [-0.15, -0.1) is 0 Å². The van der Waals surface area contributed by atoms with Crippen LogP contribution in [0, 0.1) is 10.1 Å². The highest BCUT2D eigenvalue weighted by atomic mass is 16.6. The van der Waals surface area contributed by atoms with Gasteiger partial charge in [0.15, 0.2) is 0 Å². The van der Waals surface area contributed by atoms with Crippen molar-refractivity contribution in [1.82, 2.24) is 20.1 Å². The quantitative estimate of drug-likeness (QED) is 0.264. The number of nitro benzene ring substituents is 1. The summed E-state index contributed by atoms with van der Waals surface area (Å²) in [6.45, 7) is 2.47.